The van der Waals surface area contributed by atoms with Gasteiger partial charge < -0.3 is 15.4 Å². The molecule has 0 aliphatic rings. The summed E-state index contributed by atoms with van der Waals surface area (Å²) in [6.45, 7) is 5.42. The van der Waals surface area contributed by atoms with Gasteiger partial charge in [-0.25, -0.2) is 14.8 Å². The molecule has 0 spiro atoms. The van der Waals surface area contributed by atoms with Gasteiger partial charge in [-0.3, -0.25) is 4.79 Å². The molecular formula is C16H20N4O3. The number of nitrogens with one attached hydrogen (secondary N) is 2. The molecule has 7 nitrogen and oxygen atoms in total. The third-order valence-electron chi connectivity index (χ3n) is 3.63. The SMILES string of the molecule is CCCC(Nc1ccc(-c2nc(C)c(C)c(=O)[nH]2)cn1)C(=O)O. The van der Waals surface area contributed by atoms with Crippen LogP contribution in [-0.2, 0) is 4.79 Å². The second-order valence-corrected chi connectivity index (χ2v) is 5.38. The topological polar surface area (TPSA) is 108 Å². The fourth-order valence-corrected chi connectivity index (χ4v) is 2.13. The van der Waals surface area contributed by atoms with Crippen LogP contribution in [0.2, 0.25) is 0 Å². The Kier molecular flexibility index (Phi) is 5.10. The summed E-state index contributed by atoms with van der Waals surface area (Å²) in [4.78, 5) is 34.2. The minimum absolute atomic E-state index is 0.177. The molecule has 1 unspecified atom stereocenters. The van der Waals surface area contributed by atoms with Gasteiger partial charge in [0.05, 0.1) is 0 Å². The minimum atomic E-state index is -0.905. The predicted molar refractivity (Wildman–Crippen MR) is 87.5 cm³/mol. The van der Waals surface area contributed by atoms with Crippen LogP contribution in [0.15, 0.2) is 23.1 Å². The number of aromatic nitrogens is 3. The summed E-state index contributed by atoms with van der Waals surface area (Å²) in [5, 5.41) is 12.0. The summed E-state index contributed by atoms with van der Waals surface area (Å²) >= 11 is 0. The van der Waals surface area contributed by atoms with Crippen LogP contribution in [0.25, 0.3) is 11.4 Å². The first-order valence-electron chi connectivity index (χ1n) is 7.45. The first-order valence-corrected chi connectivity index (χ1v) is 7.45. The molecule has 0 aliphatic heterocycles. The number of aromatic amines is 1. The van der Waals surface area contributed by atoms with Crippen molar-refractivity contribution in [2.24, 2.45) is 0 Å². The van der Waals surface area contributed by atoms with E-state index in [0.717, 1.165) is 6.42 Å². The Morgan fingerprint density at radius 2 is 2.13 bits per heavy atom. The van der Waals surface area contributed by atoms with E-state index in [1.807, 2.05) is 6.92 Å². The summed E-state index contributed by atoms with van der Waals surface area (Å²) in [7, 11) is 0. The van der Waals surface area contributed by atoms with Crippen LogP contribution in [0, 0.1) is 13.8 Å². The highest BCUT2D eigenvalue weighted by Crippen LogP contribution is 2.16. The zero-order valence-corrected chi connectivity index (χ0v) is 13.4. The number of H-pyrrole nitrogens is 1. The van der Waals surface area contributed by atoms with Crippen LogP contribution < -0.4 is 10.9 Å². The molecule has 2 heterocycles. The summed E-state index contributed by atoms with van der Waals surface area (Å²) in [5.74, 6) is 0.0131. The third kappa shape index (κ3) is 3.94. The molecule has 0 fully saturated rings. The zero-order chi connectivity index (χ0) is 17.0. The van der Waals surface area contributed by atoms with E-state index in [9.17, 15) is 9.59 Å². The number of aliphatic carboxylic acids is 1. The maximum Gasteiger partial charge on any atom is 0.326 e. The van der Waals surface area contributed by atoms with Crippen LogP contribution in [0.3, 0.4) is 0 Å². The molecule has 2 aromatic rings. The molecule has 1 atom stereocenters. The predicted octanol–water partition coefficient (Wildman–Crippen LogP) is 2.11. The van der Waals surface area contributed by atoms with Gasteiger partial charge in [0, 0.05) is 23.0 Å². The van der Waals surface area contributed by atoms with Crippen LogP contribution in [0.5, 0.6) is 0 Å². The molecule has 23 heavy (non-hydrogen) atoms. The molecule has 0 amide bonds. The number of aryl methyl sites for hydroxylation is 1. The highest BCUT2D eigenvalue weighted by molar-refractivity contribution is 5.76. The molecule has 0 saturated carbocycles. The van der Waals surface area contributed by atoms with E-state index in [1.54, 1.807) is 32.2 Å². The fourth-order valence-electron chi connectivity index (χ4n) is 2.13. The van der Waals surface area contributed by atoms with Gasteiger partial charge in [-0.15, -0.1) is 0 Å². The molecule has 0 saturated heterocycles. The van der Waals surface area contributed by atoms with Gasteiger partial charge in [0.25, 0.3) is 5.56 Å². The lowest BCUT2D eigenvalue weighted by molar-refractivity contribution is -0.138. The number of nitrogens with zero attached hydrogens (tertiary/aromatic N) is 2. The van der Waals surface area contributed by atoms with Crippen molar-refractivity contribution in [3.8, 4) is 11.4 Å². The summed E-state index contributed by atoms with van der Waals surface area (Å²) in [5.41, 5.74) is 1.74. The molecule has 0 bridgehead atoms. The second kappa shape index (κ2) is 7.04. The van der Waals surface area contributed by atoms with Gasteiger partial charge in [-0.05, 0) is 32.4 Å². The number of rotatable bonds is 6. The Morgan fingerprint density at radius 1 is 1.39 bits per heavy atom. The molecule has 0 radical (unpaired) electrons. The van der Waals surface area contributed by atoms with E-state index in [2.05, 4.69) is 20.3 Å². The van der Waals surface area contributed by atoms with E-state index in [1.165, 1.54) is 0 Å². The maximum atomic E-state index is 11.8. The average Bonchev–Trinajstić information content (AvgIpc) is 2.52. The third-order valence-corrected chi connectivity index (χ3v) is 3.63. The fraction of sp³-hybridized carbons (Fsp3) is 0.375. The molecular weight excluding hydrogens is 296 g/mol. The van der Waals surface area contributed by atoms with E-state index in [-0.39, 0.29) is 5.56 Å². The highest BCUT2D eigenvalue weighted by atomic mass is 16.4. The average molecular weight is 316 g/mol. The molecule has 3 N–H and O–H groups in total. The molecule has 2 rings (SSSR count). The monoisotopic (exact) mass is 316 g/mol. The number of carbonyl (C=O) groups is 1. The van der Waals surface area contributed by atoms with Gasteiger partial charge in [-0.2, -0.15) is 0 Å². The Labute approximate surface area is 133 Å². The van der Waals surface area contributed by atoms with Gasteiger partial charge in [0.15, 0.2) is 0 Å². The van der Waals surface area contributed by atoms with Crippen LogP contribution >= 0.6 is 0 Å². The van der Waals surface area contributed by atoms with E-state index in [0.29, 0.717) is 34.9 Å². The van der Waals surface area contributed by atoms with Crippen molar-refractivity contribution in [1.29, 1.82) is 0 Å². The molecule has 122 valence electrons. The molecule has 7 heteroatoms. The van der Waals surface area contributed by atoms with Crippen LogP contribution in [0.4, 0.5) is 5.82 Å². The lowest BCUT2D eigenvalue weighted by Crippen LogP contribution is -2.29. The Hall–Kier alpha value is -2.70. The van der Waals surface area contributed by atoms with Crippen molar-refractivity contribution in [3.05, 3.63) is 39.9 Å². The van der Waals surface area contributed by atoms with Crippen molar-refractivity contribution in [2.75, 3.05) is 5.32 Å². The largest absolute Gasteiger partial charge is 0.480 e. The maximum absolute atomic E-state index is 11.8. The van der Waals surface area contributed by atoms with E-state index >= 15 is 0 Å². The normalized spacial score (nSPS) is 12.0. The zero-order valence-electron chi connectivity index (χ0n) is 13.4. The Morgan fingerprint density at radius 3 is 2.65 bits per heavy atom. The van der Waals surface area contributed by atoms with Crippen LogP contribution in [-0.4, -0.2) is 32.1 Å². The smallest absolute Gasteiger partial charge is 0.326 e. The highest BCUT2D eigenvalue weighted by Gasteiger charge is 2.16. The van der Waals surface area contributed by atoms with E-state index in [4.69, 9.17) is 5.11 Å². The standard InChI is InChI=1S/C16H20N4O3/c1-4-5-12(16(22)23)19-13-7-6-11(8-17-13)14-18-10(3)9(2)15(21)20-14/h6-8,12H,4-5H2,1-3H3,(H,17,19)(H,22,23)(H,18,20,21). The number of pyridine rings is 1. The number of hydrogen-bond donors (Lipinski definition) is 3. The van der Waals surface area contributed by atoms with Crippen molar-refractivity contribution in [2.45, 2.75) is 39.7 Å². The molecule has 0 aliphatic carbocycles. The van der Waals surface area contributed by atoms with Crippen LogP contribution in [0.1, 0.15) is 31.0 Å². The Bertz CT molecular complexity index is 753. The first-order chi connectivity index (χ1) is 10.9. The van der Waals surface area contributed by atoms with Crippen molar-refractivity contribution in [1.82, 2.24) is 15.0 Å². The Balaban J connectivity index is 2.22. The second-order valence-electron chi connectivity index (χ2n) is 5.38. The van der Waals surface area contributed by atoms with Crippen molar-refractivity contribution < 1.29 is 9.90 Å². The molecule has 2 aromatic heterocycles. The minimum Gasteiger partial charge on any atom is -0.480 e. The van der Waals surface area contributed by atoms with E-state index < -0.39 is 12.0 Å². The first kappa shape index (κ1) is 16.7. The summed E-state index contributed by atoms with van der Waals surface area (Å²) in [6, 6.07) is 2.75. The van der Waals surface area contributed by atoms with Gasteiger partial charge in [0.1, 0.15) is 17.7 Å². The van der Waals surface area contributed by atoms with Gasteiger partial charge in [0.2, 0.25) is 0 Å². The lowest BCUT2D eigenvalue weighted by Gasteiger charge is -2.14. The van der Waals surface area contributed by atoms with Crippen molar-refractivity contribution >= 4 is 11.8 Å². The van der Waals surface area contributed by atoms with Gasteiger partial charge >= 0.3 is 5.97 Å². The number of carboxylic acid groups (broad SMARTS) is 1. The number of carboxylic acids is 1. The summed E-state index contributed by atoms with van der Waals surface area (Å²) < 4.78 is 0. The quantitative estimate of drug-likeness (QED) is 0.753. The van der Waals surface area contributed by atoms with Gasteiger partial charge in [-0.1, -0.05) is 13.3 Å². The molecule has 0 aromatic carbocycles. The number of anilines is 1. The summed E-state index contributed by atoms with van der Waals surface area (Å²) in [6.07, 6.45) is 2.83. The van der Waals surface area contributed by atoms with Crippen molar-refractivity contribution in [3.63, 3.8) is 0 Å². The lowest BCUT2D eigenvalue weighted by atomic mass is 10.1. The number of hydrogen-bond acceptors (Lipinski definition) is 5.